The molecule has 1 fully saturated rings. The molecule has 2 aromatic carbocycles. The maximum Gasteiger partial charge on any atom is 0.404 e. The second-order valence-electron chi connectivity index (χ2n) is 8.97. The molecule has 1 aliphatic heterocycles. The molecular weight excluding hydrogens is 528 g/mol. The smallest absolute Gasteiger partial charge is 0.404 e. The van der Waals surface area contributed by atoms with Crippen LogP contribution in [0.4, 0.5) is 22.0 Å². The van der Waals surface area contributed by atoms with Crippen LogP contribution >= 0.6 is 11.6 Å². The highest BCUT2D eigenvalue weighted by atomic mass is 35.5. The van der Waals surface area contributed by atoms with Gasteiger partial charge in [-0.25, -0.2) is 14.8 Å². The summed E-state index contributed by atoms with van der Waals surface area (Å²) in [5, 5.41) is 6.95. The maximum absolute atomic E-state index is 12.1. The molecule has 1 unspecified atom stereocenters. The highest BCUT2D eigenvalue weighted by molar-refractivity contribution is 7.92. The number of carbonyl (C=O) groups is 1. The third-order valence-electron chi connectivity index (χ3n) is 6.72. The minimum atomic E-state index is -1.23. The number of nitrogens with two attached hydrogens (primary N) is 1. The Balaban J connectivity index is 1.81. The number of hydrogen-bond donors (Lipinski definition) is 3. The minimum Gasteiger partial charge on any atom is -0.593 e. The lowest BCUT2D eigenvalue weighted by Crippen LogP contribution is -2.44. The Kier molecular flexibility index (Phi) is 8.83. The van der Waals surface area contributed by atoms with Crippen molar-refractivity contribution in [1.82, 2.24) is 15.3 Å². The van der Waals surface area contributed by atoms with Crippen LogP contribution in [0.25, 0.3) is 11.4 Å². The number of ether oxygens (including phenoxy) is 2. The minimum absolute atomic E-state index is 0.122. The Labute approximate surface area is 230 Å². The second-order valence-corrected chi connectivity index (χ2v) is 10.8. The van der Waals surface area contributed by atoms with Crippen LogP contribution in [-0.2, 0) is 21.5 Å². The number of hydrogen-bond acceptors (Lipinski definition) is 9. The predicted octanol–water partition coefficient (Wildman–Crippen LogP) is 4.00. The van der Waals surface area contributed by atoms with Gasteiger partial charge in [-0.15, -0.1) is 0 Å². The molecule has 10 nitrogen and oxygen atoms in total. The molecule has 1 saturated heterocycles. The van der Waals surface area contributed by atoms with E-state index in [4.69, 9.17) is 31.8 Å². The number of halogens is 1. The zero-order chi connectivity index (χ0) is 27.3. The number of primary amides is 1. The van der Waals surface area contributed by atoms with Crippen LogP contribution in [0.5, 0.6) is 5.75 Å². The summed E-state index contributed by atoms with van der Waals surface area (Å²) in [7, 11) is 3.33. The number of amides is 1. The maximum atomic E-state index is 12.1. The van der Waals surface area contributed by atoms with Crippen molar-refractivity contribution >= 4 is 46.2 Å². The monoisotopic (exact) mass is 558 g/mol. The first kappa shape index (κ1) is 27.8. The van der Waals surface area contributed by atoms with Crippen LogP contribution in [0.3, 0.4) is 0 Å². The fourth-order valence-electron chi connectivity index (χ4n) is 4.68. The van der Waals surface area contributed by atoms with Crippen molar-refractivity contribution < 1.29 is 18.8 Å². The Hall–Kier alpha value is -3.25. The summed E-state index contributed by atoms with van der Waals surface area (Å²) in [6.45, 7) is 1.61. The van der Waals surface area contributed by atoms with Gasteiger partial charge in [-0.2, -0.15) is 4.31 Å². The number of piperidine rings is 1. The first-order chi connectivity index (χ1) is 18.3. The van der Waals surface area contributed by atoms with Gasteiger partial charge in [0.15, 0.2) is 11.6 Å². The first-order valence-electron chi connectivity index (χ1n) is 12.0. The van der Waals surface area contributed by atoms with Crippen molar-refractivity contribution in [2.24, 2.45) is 5.73 Å². The molecule has 1 atom stereocenters. The number of nitrogens with one attached hydrogen (secondary N) is 2. The zero-order valence-electron chi connectivity index (χ0n) is 21.5. The molecule has 0 spiro atoms. The van der Waals surface area contributed by atoms with Gasteiger partial charge in [-0.05, 0) is 49.7 Å². The van der Waals surface area contributed by atoms with E-state index in [1.807, 2.05) is 42.5 Å². The van der Waals surface area contributed by atoms with E-state index in [1.165, 1.54) is 6.20 Å². The average Bonchev–Trinajstić information content (AvgIpc) is 2.93. The molecule has 1 aromatic heterocycles. The van der Waals surface area contributed by atoms with Gasteiger partial charge >= 0.3 is 6.09 Å². The van der Waals surface area contributed by atoms with E-state index in [1.54, 1.807) is 24.7 Å². The van der Waals surface area contributed by atoms with Gasteiger partial charge < -0.3 is 30.4 Å². The van der Waals surface area contributed by atoms with Crippen molar-refractivity contribution in [2.45, 2.75) is 18.3 Å². The summed E-state index contributed by atoms with van der Waals surface area (Å²) < 4.78 is 24.9. The van der Waals surface area contributed by atoms with Crippen LogP contribution in [0.1, 0.15) is 18.4 Å². The Morgan fingerprint density at radius 1 is 1.26 bits per heavy atom. The van der Waals surface area contributed by atoms with Gasteiger partial charge in [0.25, 0.3) is 0 Å². The van der Waals surface area contributed by atoms with E-state index in [-0.39, 0.29) is 6.61 Å². The highest BCUT2D eigenvalue weighted by Gasteiger charge is 2.39. The topological polar surface area (TPSA) is 138 Å². The standard InChI is InChI=1S/C26H31ClN6O4S/c1-33(38(3)35)20-9-5-4-8-19(20)31-23-18(27)15-30-24(32-23)22-17(7-6-10-21(22)36-2)26(16-37-25(28)34)11-13-29-14-12-26/h4-10,15,29H,11-14,16H2,1-3H3,(H2,28,34)(H,30,31,32). The number of methoxy groups -OCH3 is 1. The fraction of sp³-hybridized carbons (Fsp3) is 0.346. The first-order valence-corrected chi connectivity index (χ1v) is 13.9. The van der Waals surface area contributed by atoms with Crippen LogP contribution in [0.2, 0.25) is 5.02 Å². The molecule has 0 bridgehead atoms. The molecule has 3 aromatic rings. The Bertz CT molecular complexity index is 1290. The van der Waals surface area contributed by atoms with E-state index in [0.717, 1.165) is 24.3 Å². The fourth-order valence-corrected chi connectivity index (χ4v) is 5.25. The zero-order valence-corrected chi connectivity index (χ0v) is 23.1. The molecule has 4 N–H and O–H groups in total. The van der Waals surface area contributed by atoms with Crippen LogP contribution in [0.15, 0.2) is 48.7 Å². The quantitative estimate of drug-likeness (QED) is 0.333. The molecular formula is C26H31ClN6O4S. The normalized spacial score (nSPS) is 15.4. The predicted molar refractivity (Wildman–Crippen MR) is 151 cm³/mol. The molecule has 0 radical (unpaired) electrons. The lowest BCUT2D eigenvalue weighted by atomic mass is 9.71. The molecule has 12 heteroatoms. The highest BCUT2D eigenvalue weighted by Crippen LogP contribution is 2.43. The third-order valence-corrected chi connectivity index (χ3v) is 7.96. The van der Waals surface area contributed by atoms with Gasteiger partial charge in [0, 0.05) is 5.41 Å². The largest absolute Gasteiger partial charge is 0.593 e. The van der Waals surface area contributed by atoms with Crippen LogP contribution in [-0.4, -0.2) is 60.7 Å². The van der Waals surface area contributed by atoms with E-state index in [0.29, 0.717) is 46.5 Å². The van der Waals surface area contributed by atoms with Crippen LogP contribution in [0, 0.1) is 0 Å². The molecule has 202 valence electrons. The van der Waals surface area contributed by atoms with Gasteiger partial charge in [0.2, 0.25) is 0 Å². The summed E-state index contributed by atoms with van der Waals surface area (Å²) in [5.74, 6) is 1.35. The number of aromatic nitrogens is 2. The molecule has 0 saturated carbocycles. The molecule has 1 amide bonds. The number of para-hydroxylation sites is 2. The van der Waals surface area contributed by atoms with Gasteiger partial charge in [0.1, 0.15) is 29.3 Å². The number of benzene rings is 2. The van der Waals surface area contributed by atoms with Crippen molar-refractivity contribution in [3.8, 4) is 17.1 Å². The van der Waals surface area contributed by atoms with Crippen LogP contribution < -0.4 is 25.4 Å². The number of nitrogens with zero attached hydrogens (tertiary/aromatic N) is 3. The van der Waals surface area contributed by atoms with E-state index in [9.17, 15) is 9.35 Å². The summed E-state index contributed by atoms with van der Waals surface area (Å²) in [6.07, 6.45) is 3.74. The van der Waals surface area contributed by atoms with E-state index < -0.39 is 22.9 Å². The lowest BCUT2D eigenvalue weighted by molar-refractivity contribution is 0.109. The van der Waals surface area contributed by atoms with Gasteiger partial charge in [0.05, 0.1) is 43.0 Å². The SMILES string of the molecule is COc1cccc(C2(COC(N)=O)CCNCC2)c1-c1ncc(Cl)c(Nc2ccccc2N(C)[S+](C)[O-])n1. The number of carbonyl (C=O) groups excluding carboxylic acids is 1. The lowest BCUT2D eigenvalue weighted by Gasteiger charge is -2.38. The Morgan fingerprint density at radius 3 is 2.68 bits per heavy atom. The van der Waals surface area contributed by atoms with Crippen molar-refractivity contribution in [3.63, 3.8) is 0 Å². The molecule has 38 heavy (non-hydrogen) atoms. The summed E-state index contributed by atoms with van der Waals surface area (Å²) in [5.41, 5.74) is 7.82. The van der Waals surface area contributed by atoms with Gasteiger partial charge in [-0.1, -0.05) is 35.9 Å². The average molecular weight is 559 g/mol. The molecule has 2 heterocycles. The molecule has 1 aliphatic rings. The second kappa shape index (κ2) is 12.1. The van der Waals surface area contributed by atoms with E-state index in [2.05, 4.69) is 15.6 Å². The molecule has 0 aliphatic carbocycles. The van der Waals surface area contributed by atoms with Crippen molar-refractivity contribution in [2.75, 3.05) is 49.7 Å². The summed E-state index contributed by atoms with van der Waals surface area (Å²) >= 11 is 5.30. The molecule has 4 rings (SSSR count). The van der Waals surface area contributed by atoms with Crippen molar-refractivity contribution in [3.05, 3.63) is 59.2 Å². The Morgan fingerprint density at radius 2 is 2.00 bits per heavy atom. The third kappa shape index (κ3) is 5.91. The van der Waals surface area contributed by atoms with Gasteiger partial charge in [-0.3, -0.25) is 0 Å². The number of rotatable bonds is 9. The van der Waals surface area contributed by atoms with Crippen molar-refractivity contribution in [1.29, 1.82) is 0 Å². The summed E-state index contributed by atoms with van der Waals surface area (Å²) in [4.78, 5) is 20.9. The number of anilines is 3. The summed E-state index contributed by atoms with van der Waals surface area (Å²) in [6, 6.07) is 13.2. The van der Waals surface area contributed by atoms with E-state index >= 15 is 0 Å².